The summed E-state index contributed by atoms with van der Waals surface area (Å²) in [5, 5.41) is 17.6. The number of carbonyl (C=O) groups is 2. The minimum absolute atomic E-state index is 0.115. The summed E-state index contributed by atoms with van der Waals surface area (Å²) in [6.45, 7) is 4.17. The lowest BCUT2D eigenvalue weighted by Gasteiger charge is -2.26. The molecule has 1 fully saturated rings. The Balaban J connectivity index is 2.40. The maximum absolute atomic E-state index is 10.9. The molecule has 0 radical (unpaired) electrons. The van der Waals surface area contributed by atoms with E-state index in [1.165, 1.54) is 0 Å². The van der Waals surface area contributed by atoms with Crippen LogP contribution in [-0.2, 0) is 14.3 Å². The van der Waals surface area contributed by atoms with Crippen molar-refractivity contribution in [2.24, 2.45) is 5.92 Å². The number of rotatable bonds is 9. The Morgan fingerprint density at radius 2 is 2.16 bits per heavy atom. The molecule has 6 heteroatoms. The highest BCUT2D eigenvalue weighted by molar-refractivity contribution is 5.69. The van der Waals surface area contributed by atoms with Crippen molar-refractivity contribution in [2.45, 2.75) is 38.7 Å². The lowest BCUT2D eigenvalue weighted by atomic mass is 10.1. The highest BCUT2D eigenvalue weighted by Crippen LogP contribution is 2.14. The van der Waals surface area contributed by atoms with Gasteiger partial charge >= 0.3 is 11.9 Å². The number of hydrogen-bond acceptors (Lipinski definition) is 4. The Hall–Kier alpha value is -1.14. The van der Waals surface area contributed by atoms with E-state index in [4.69, 9.17) is 14.9 Å². The van der Waals surface area contributed by atoms with Crippen molar-refractivity contribution in [3.63, 3.8) is 0 Å². The molecule has 2 N–H and O–H groups in total. The van der Waals surface area contributed by atoms with E-state index in [0.29, 0.717) is 26.1 Å². The van der Waals surface area contributed by atoms with Crippen LogP contribution in [0.4, 0.5) is 0 Å². The molecule has 0 aromatic carbocycles. The first-order valence-corrected chi connectivity index (χ1v) is 6.77. The molecule has 1 rings (SSSR count). The fourth-order valence-corrected chi connectivity index (χ4v) is 2.25. The van der Waals surface area contributed by atoms with Gasteiger partial charge in [0.15, 0.2) is 0 Å². The van der Waals surface area contributed by atoms with Gasteiger partial charge in [-0.25, -0.2) is 0 Å². The zero-order chi connectivity index (χ0) is 14.3. The van der Waals surface area contributed by atoms with E-state index in [0.717, 1.165) is 19.4 Å². The molecular formula is C13H23NO5. The normalized spacial score (nSPS) is 20.6. The molecule has 0 spiro atoms. The zero-order valence-electron chi connectivity index (χ0n) is 11.4. The zero-order valence-corrected chi connectivity index (χ0v) is 11.4. The van der Waals surface area contributed by atoms with E-state index in [2.05, 4.69) is 0 Å². The summed E-state index contributed by atoms with van der Waals surface area (Å²) >= 11 is 0. The van der Waals surface area contributed by atoms with Gasteiger partial charge in [0, 0.05) is 26.1 Å². The van der Waals surface area contributed by atoms with E-state index in [1.807, 2.05) is 4.90 Å². The van der Waals surface area contributed by atoms with Crippen molar-refractivity contribution < 1.29 is 24.5 Å². The van der Waals surface area contributed by atoms with Crippen LogP contribution in [0.25, 0.3) is 0 Å². The number of aliphatic carboxylic acids is 2. The number of carboxylic acid groups (broad SMARTS) is 2. The first-order chi connectivity index (χ1) is 8.99. The summed E-state index contributed by atoms with van der Waals surface area (Å²) in [6, 6.07) is 0. The standard InChI is InChI=1S/C13H23NO5/c1-10(13(17)18)8-14(6-2-5-12(15)16)9-11-4-3-7-19-11/h10-11H,2-9H2,1H3,(H,15,16)(H,17,18). The van der Waals surface area contributed by atoms with E-state index in [9.17, 15) is 9.59 Å². The Kier molecular flexibility index (Phi) is 6.80. The predicted octanol–water partition coefficient (Wildman–Crippen LogP) is 1.05. The van der Waals surface area contributed by atoms with Crippen molar-refractivity contribution in [1.29, 1.82) is 0 Å². The van der Waals surface area contributed by atoms with Crippen molar-refractivity contribution >= 4 is 11.9 Å². The van der Waals surface area contributed by atoms with Gasteiger partial charge in [0.25, 0.3) is 0 Å². The lowest BCUT2D eigenvalue weighted by Crippen LogP contribution is -2.38. The van der Waals surface area contributed by atoms with Gasteiger partial charge in [0.05, 0.1) is 12.0 Å². The molecule has 110 valence electrons. The van der Waals surface area contributed by atoms with Crippen LogP contribution in [0.5, 0.6) is 0 Å². The van der Waals surface area contributed by atoms with Crippen LogP contribution in [-0.4, -0.2) is 59.4 Å². The molecule has 6 nitrogen and oxygen atoms in total. The molecule has 0 saturated carbocycles. The molecule has 1 aliphatic rings. The molecule has 2 unspecified atom stereocenters. The smallest absolute Gasteiger partial charge is 0.307 e. The summed E-state index contributed by atoms with van der Waals surface area (Å²) in [5.74, 6) is -2.09. The van der Waals surface area contributed by atoms with Gasteiger partial charge < -0.3 is 14.9 Å². The molecule has 2 atom stereocenters. The predicted molar refractivity (Wildman–Crippen MR) is 69.1 cm³/mol. The summed E-state index contributed by atoms with van der Waals surface area (Å²) in [6.07, 6.45) is 2.85. The van der Waals surface area contributed by atoms with Crippen LogP contribution in [0.2, 0.25) is 0 Å². The molecule has 1 heterocycles. The first kappa shape index (κ1) is 15.9. The number of nitrogens with zero attached hydrogens (tertiary/aromatic N) is 1. The molecule has 0 aromatic rings. The third kappa shape index (κ3) is 6.54. The molecule has 0 aliphatic carbocycles. The lowest BCUT2D eigenvalue weighted by molar-refractivity contribution is -0.142. The molecule has 1 saturated heterocycles. The van der Waals surface area contributed by atoms with Crippen LogP contribution >= 0.6 is 0 Å². The first-order valence-electron chi connectivity index (χ1n) is 6.77. The third-order valence-corrected chi connectivity index (χ3v) is 3.30. The number of carboxylic acids is 2. The largest absolute Gasteiger partial charge is 0.481 e. The van der Waals surface area contributed by atoms with E-state index >= 15 is 0 Å². The van der Waals surface area contributed by atoms with Crippen molar-refractivity contribution in [3.8, 4) is 0 Å². The summed E-state index contributed by atoms with van der Waals surface area (Å²) in [4.78, 5) is 23.4. The van der Waals surface area contributed by atoms with E-state index in [-0.39, 0.29) is 12.5 Å². The second-order valence-electron chi connectivity index (χ2n) is 5.13. The molecule has 0 amide bonds. The van der Waals surface area contributed by atoms with Gasteiger partial charge in [-0.1, -0.05) is 6.92 Å². The Bertz CT molecular complexity index is 301. The third-order valence-electron chi connectivity index (χ3n) is 3.30. The van der Waals surface area contributed by atoms with Crippen LogP contribution in [0, 0.1) is 5.92 Å². The minimum atomic E-state index is -0.824. The number of hydrogen-bond donors (Lipinski definition) is 2. The maximum atomic E-state index is 10.9. The van der Waals surface area contributed by atoms with Crippen molar-refractivity contribution in [3.05, 3.63) is 0 Å². The van der Waals surface area contributed by atoms with E-state index in [1.54, 1.807) is 6.92 Å². The maximum Gasteiger partial charge on any atom is 0.307 e. The average molecular weight is 273 g/mol. The van der Waals surface area contributed by atoms with Gasteiger partial charge in [-0.3, -0.25) is 14.5 Å². The van der Waals surface area contributed by atoms with Gasteiger partial charge in [0.2, 0.25) is 0 Å². The highest BCUT2D eigenvalue weighted by atomic mass is 16.5. The van der Waals surface area contributed by atoms with Crippen LogP contribution in [0.15, 0.2) is 0 Å². The number of ether oxygens (including phenoxy) is 1. The monoisotopic (exact) mass is 273 g/mol. The van der Waals surface area contributed by atoms with Crippen LogP contribution in [0.3, 0.4) is 0 Å². The fourth-order valence-electron chi connectivity index (χ4n) is 2.25. The topological polar surface area (TPSA) is 87.1 Å². The quantitative estimate of drug-likeness (QED) is 0.653. The SMILES string of the molecule is CC(CN(CCCC(=O)O)CC1CCCO1)C(=O)O. The van der Waals surface area contributed by atoms with Crippen LogP contribution < -0.4 is 0 Å². The van der Waals surface area contributed by atoms with Gasteiger partial charge in [-0.05, 0) is 25.8 Å². The molecule has 1 aliphatic heterocycles. The summed E-state index contributed by atoms with van der Waals surface area (Å²) < 4.78 is 5.55. The van der Waals surface area contributed by atoms with Gasteiger partial charge in [0.1, 0.15) is 0 Å². The Morgan fingerprint density at radius 3 is 2.68 bits per heavy atom. The summed E-state index contributed by atoms with van der Waals surface area (Å²) in [7, 11) is 0. The molecule has 19 heavy (non-hydrogen) atoms. The van der Waals surface area contributed by atoms with Gasteiger partial charge in [-0.2, -0.15) is 0 Å². The summed E-state index contributed by atoms with van der Waals surface area (Å²) in [5.41, 5.74) is 0. The Morgan fingerprint density at radius 1 is 1.42 bits per heavy atom. The minimum Gasteiger partial charge on any atom is -0.481 e. The van der Waals surface area contributed by atoms with Crippen LogP contribution in [0.1, 0.15) is 32.6 Å². The molecule has 0 bridgehead atoms. The van der Waals surface area contributed by atoms with Gasteiger partial charge in [-0.15, -0.1) is 0 Å². The fraction of sp³-hybridized carbons (Fsp3) is 0.846. The second kappa shape index (κ2) is 8.12. The van der Waals surface area contributed by atoms with E-state index < -0.39 is 17.9 Å². The van der Waals surface area contributed by atoms with Crippen molar-refractivity contribution in [1.82, 2.24) is 4.90 Å². The average Bonchev–Trinajstić information content (AvgIpc) is 2.80. The Labute approximate surface area is 113 Å². The molecule has 0 aromatic heterocycles. The van der Waals surface area contributed by atoms with Crippen molar-refractivity contribution in [2.75, 3.05) is 26.2 Å². The highest BCUT2D eigenvalue weighted by Gasteiger charge is 2.22. The molecular weight excluding hydrogens is 250 g/mol. The second-order valence-corrected chi connectivity index (χ2v) is 5.13.